The van der Waals surface area contributed by atoms with Gasteiger partial charge in [-0.1, -0.05) is 24.3 Å². The molecule has 23 heavy (non-hydrogen) atoms. The lowest BCUT2D eigenvalue weighted by Gasteiger charge is -2.07. The van der Waals surface area contributed by atoms with Crippen LogP contribution in [0.2, 0.25) is 0 Å². The van der Waals surface area contributed by atoms with E-state index in [-0.39, 0.29) is 5.56 Å². The van der Waals surface area contributed by atoms with E-state index >= 15 is 0 Å². The monoisotopic (exact) mass is 320 g/mol. The number of nitrogens with zero attached hydrogens (tertiary/aromatic N) is 2. The van der Waals surface area contributed by atoms with E-state index in [4.69, 9.17) is 0 Å². The normalized spacial score (nSPS) is 15.3. The van der Waals surface area contributed by atoms with Crippen LogP contribution in [0.1, 0.15) is 17.8 Å². The number of allylic oxidation sites excluding steroid dienone is 1. The molecule has 0 atom stereocenters. The molecule has 3 nitrogen and oxygen atoms in total. The third kappa shape index (κ3) is 2.49. The molecule has 0 unspecified atom stereocenters. The van der Waals surface area contributed by atoms with Crippen molar-refractivity contribution in [1.29, 1.82) is 0 Å². The molecular weight excluding hydrogens is 304 g/mol. The highest BCUT2D eigenvalue weighted by Gasteiger charge is 2.20. The van der Waals surface area contributed by atoms with Gasteiger partial charge >= 0.3 is 0 Å². The molecule has 1 aliphatic heterocycles. The van der Waals surface area contributed by atoms with Crippen molar-refractivity contribution in [2.45, 2.75) is 17.9 Å². The van der Waals surface area contributed by atoms with Crippen molar-refractivity contribution >= 4 is 34.3 Å². The summed E-state index contributed by atoms with van der Waals surface area (Å²) in [6.45, 7) is 0.873. The Morgan fingerprint density at radius 2 is 1.91 bits per heavy atom. The third-order valence-electron chi connectivity index (χ3n) is 4.24. The van der Waals surface area contributed by atoms with Crippen molar-refractivity contribution in [2.75, 3.05) is 6.26 Å². The zero-order valence-corrected chi connectivity index (χ0v) is 13.6. The number of hydrogen-bond donors (Lipinski definition) is 0. The van der Waals surface area contributed by atoms with Gasteiger partial charge in [-0.15, -0.1) is 11.8 Å². The van der Waals surface area contributed by atoms with Gasteiger partial charge in [0.2, 0.25) is 0 Å². The predicted molar refractivity (Wildman–Crippen MR) is 96.7 cm³/mol. The molecule has 0 saturated heterocycles. The number of rotatable bonds is 2. The first-order chi connectivity index (χ1) is 11.3. The van der Waals surface area contributed by atoms with Crippen molar-refractivity contribution in [2.24, 2.45) is 0 Å². The maximum absolute atomic E-state index is 12.3. The second-order valence-corrected chi connectivity index (χ2v) is 6.48. The smallest absolute Gasteiger partial charge is 0.281 e. The molecule has 2 heterocycles. The van der Waals surface area contributed by atoms with E-state index < -0.39 is 0 Å². The molecule has 1 aliphatic rings. The molecule has 114 valence electrons. The number of benzene rings is 2. The van der Waals surface area contributed by atoms with E-state index in [1.54, 1.807) is 11.8 Å². The number of hydrogen-bond acceptors (Lipinski definition) is 3. The first-order valence-corrected chi connectivity index (χ1v) is 8.83. The van der Waals surface area contributed by atoms with Crippen molar-refractivity contribution in [3.05, 3.63) is 70.3 Å². The summed E-state index contributed by atoms with van der Waals surface area (Å²) in [5.41, 5.74) is 3.11. The molecule has 4 rings (SSSR count). The molecule has 1 aromatic heterocycles. The Morgan fingerprint density at radius 1 is 1.13 bits per heavy atom. The first-order valence-electron chi connectivity index (χ1n) is 7.61. The second-order valence-electron chi connectivity index (χ2n) is 5.60. The predicted octanol–water partition coefficient (Wildman–Crippen LogP) is 4.06. The van der Waals surface area contributed by atoms with Gasteiger partial charge in [-0.25, -0.2) is 0 Å². The van der Waals surface area contributed by atoms with Crippen molar-refractivity contribution in [1.82, 2.24) is 9.55 Å². The molecular formula is C19H16N2OS. The van der Waals surface area contributed by atoms with Gasteiger partial charge in [-0.05, 0) is 54.2 Å². The fourth-order valence-electron chi connectivity index (χ4n) is 3.07. The van der Waals surface area contributed by atoms with E-state index in [1.807, 2.05) is 24.3 Å². The van der Waals surface area contributed by atoms with Crippen LogP contribution in [0.15, 0.2) is 58.2 Å². The summed E-state index contributed by atoms with van der Waals surface area (Å²) in [6.07, 6.45) is 5.12. The standard InChI is InChI=1S/C19H16N2OS/c1-23-15-8-6-13(7-9-15)12-14-10-11-21-17-5-3-2-4-16(17)19(22)20-18(14)21/h2-9,12H,10-11H2,1H3/b14-12-. The molecule has 2 aromatic carbocycles. The molecule has 0 amide bonds. The van der Waals surface area contributed by atoms with Crippen LogP contribution >= 0.6 is 11.8 Å². The Kier molecular flexibility index (Phi) is 3.54. The lowest BCUT2D eigenvalue weighted by Crippen LogP contribution is -2.14. The zero-order chi connectivity index (χ0) is 15.8. The summed E-state index contributed by atoms with van der Waals surface area (Å²) >= 11 is 1.73. The van der Waals surface area contributed by atoms with Gasteiger partial charge < -0.3 is 4.57 Å². The topological polar surface area (TPSA) is 34.9 Å². The van der Waals surface area contributed by atoms with Crippen LogP contribution in [-0.4, -0.2) is 15.8 Å². The average Bonchev–Trinajstić information content (AvgIpc) is 2.99. The zero-order valence-electron chi connectivity index (χ0n) is 12.8. The number of fused-ring (bicyclic) bond motifs is 3. The summed E-state index contributed by atoms with van der Waals surface area (Å²) in [5.74, 6) is 0.808. The Labute approximate surface area is 138 Å². The average molecular weight is 320 g/mol. The number of aryl methyl sites for hydroxylation is 1. The van der Waals surface area contributed by atoms with Gasteiger partial charge in [0.05, 0.1) is 10.9 Å². The number of thioether (sulfide) groups is 1. The molecule has 4 heteroatoms. The van der Waals surface area contributed by atoms with E-state index in [9.17, 15) is 4.79 Å². The highest BCUT2D eigenvalue weighted by atomic mass is 32.2. The molecule has 3 aromatic rings. The summed E-state index contributed by atoms with van der Waals surface area (Å²) < 4.78 is 2.15. The molecule has 0 spiro atoms. The summed E-state index contributed by atoms with van der Waals surface area (Å²) in [7, 11) is 0. The van der Waals surface area contributed by atoms with E-state index in [1.165, 1.54) is 4.90 Å². The van der Waals surface area contributed by atoms with Gasteiger partial charge in [0.15, 0.2) is 0 Å². The van der Waals surface area contributed by atoms with Crippen LogP contribution in [0, 0.1) is 0 Å². The maximum atomic E-state index is 12.3. The molecule has 0 N–H and O–H groups in total. The number of aromatic nitrogens is 2. The minimum atomic E-state index is -0.141. The van der Waals surface area contributed by atoms with Gasteiger partial charge in [0.1, 0.15) is 5.82 Å². The Morgan fingerprint density at radius 3 is 2.70 bits per heavy atom. The first kappa shape index (κ1) is 14.3. The van der Waals surface area contributed by atoms with Crippen LogP contribution < -0.4 is 5.56 Å². The SMILES string of the molecule is CSc1ccc(/C=C2/CCn3c2nc(=O)c2ccccc23)cc1. The highest BCUT2D eigenvalue weighted by molar-refractivity contribution is 7.98. The molecule has 0 saturated carbocycles. The highest BCUT2D eigenvalue weighted by Crippen LogP contribution is 2.29. The van der Waals surface area contributed by atoms with Crippen LogP contribution in [0.5, 0.6) is 0 Å². The van der Waals surface area contributed by atoms with Crippen molar-refractivity contribution in [3.8, 4) is 0 Å². The fraction of sp³-hybridized carbons (Fsp3) is 0.158. The van der Waals surface area contributed by atoms with Gasteiger partial charge in [0.25, 0.3) is 5.56 Å². The lowest BCUT2D eigenvalue weighted by atomic mass is 10.1. The molecule has 0 radical (unpaired) electrons. The van der Waals surface area contributed by atoms with Crippen LogP contribution in [0.3, 0.4) is 0 Å². The van der Waals surface area contributed by atoms with Crippen LogP contribution in [-0.2, 0) is 6.54 Å². The summed E-state index contributed by atoms with van der Waals surface area (Å²) in [4.78, 5) is 17.8. The van der Waals surface area contributed by atoms with E-state index in [0.717, 1.165) is 35.4 Å². The van der Waals surface area contributed by atoms with E-state index in [0.29, 0.717) is 5.39 Å². The Hall–Kier alpha value is -2.33. The summed E-state index contributed by atoms with van der Waals surface area (Å²) in [6, 6.07) is 16.2. The van der Waals surface area contributed by atoms with Gasteiger partial charge in [-0.3, -0.25) is 4.79 Å². The maximum Gasteiger partial charge on any atom is 0.281 e. The van der Waals surface area contributed by atoms with Crippen LogP contribution in [0.25, 0.3) is 22.6 Å². The number of para-hydroxylation sites is 1. The summed E-state index contributed by atoms with van der Waals surface area (Å²) in [5, 5.41) is 0.696. The fourth-order valence-corrected chi connectivity index (χ4v) is 3.48. The third-order valence-corrected chi connectivity index (χ3v) is 4.98. The Bertz CT molecular complexity index is 971. The molecule has 0 bridgehead atoms. The van der Waals surface area contributed by atoms with E-state index in [2.05, 4.69) is 46.1 Å². The quantitative estimate of drug-likeness (QED) is 0.668. The Balaban J connectivity index is 1.83. The minimum Gasteiger partial charge on any atom is -0.325 e. The second kappa shape index (κ2) is 5.70. The van der Waals surface area contributed by atoms with Crippen molar-refractivity contribution < 1.29 is 0 Å². The molecule has 0 aliphatic carbocycles. The van der Waals surface area contributed by atoms with Crippen LogP contribution in [0.4, 0.5) is 0 Å². The van der Waals surface area contributed by atoms with Crippen molar-refractivity contribution in [3.63, 3.8) is 0 Å². The lowest BCUT2D eigenvalue weighted by molar-refractivity contribution is 0.772. The minimum absolute atomic E-state index is 0.141. The van der Waals surface area contributed by atoms with Gasteiger partial charge in [-0.2, -0.15) is 4.98 Å². The molecule has 0 fully saturated rings. The van der Waals surface area contributed by atoms with Gasteiger partial charge in [0, 0.05) is 11.4 Å². The largest absolute Gasteiger partial charge is 0.325 e.